The summed E-state index contributed by atoms with van der Waals surface area (Å²) in [5.74, 6) is 1.63. The first-order chi connectivity index (χ1) is 10.4. The molecule has 0 amide bonds. The summed E-state index contributed by atoms with van der Waals surface area (Å²) in [7, 11) is 0. The summed E-state index contributed by atoms with van der Waals surface area (Å²) in [6, 6.07) is 21.5. The van der Waals surface area contributed by atoms with E-state index in [1.54, 1.807) is 17.6 Å². The molecule has 0 bridgehead atoms. The second-order valence-electron chi connectivity index (χ2n) is 4.30. The van der Waals surface area contributed by atoms with Crippen LogP contribution in [0.3, 0.4) is 0 Å². The van der Waals surface area contributed by atoms with Crippen molar-refractivity contribution in [2.45, 2.75) is 0 Å². The van der Waals surface area contributed by atoms with Gasteiger partial charge in [-0.15, -0.1) is 11.3 Å². The summed E-state index contributed by atoms with van der Waals surface area (Å²) < 4.78 is 5.84. The smallest absolute Gasteiger partial charge is 0.147 e. The highest BCUT2D eigenvalue weighted by atomic mass is 32.1. The normalized spacial score (nSPS) is 10.7. The molecule has 1 N–H and O–H groups in total. The van der Waals surface area contributed by atoms with Gasteiger partial charge in [-0.1, -0.05) is 36.4 Å². The van der Waals surface area contributed by atoms with E-state index in [2.05, 4.69) is 10.5 Å². The van der Waals surface area contributed by atoms with Crippen molar-refractivity contribution in [1.29, 1.82) is 0 Å². The molecule has 1 aromatic heterocycles. The van der Waals surface area contributed by atoms with Gasteiger partial charge in [0.2, 0.25) is 0 Å². The third-order valence-electron chi connectivity index (χ3n) is 2.78. The molecule has 2 aromatic carbocycles. The quantitative estimate of drug-likeness (QED) is 0.531. The monoisotopic (exact) mass is 294 g/mol. The van der Waals surface area contributed by atoms with Gasteiger partial charge in [0.25, 0.3) is 0 Å². The van der Waals surface area contributed by atoms with E-state index in [1.807, 2.05) is 72.1 Å². The Morgan fingerprint density at radius 2 is 1.62 bits per heavy atom. The number of nitrogens with zero attached hydrogens (tertiary/aromatic N) is 1. The predicted octanol–water partition coefficient (Wildman–Crippen LogP) is 4.99. The molecular weight excluding hydrogens is 280 g/mol. The highest BCUT2D eigenvalue weighted by Gasteiger charge is 2.04. The van der Waals surface area contributed by atoms with Gasteiger partial charge in [-0.05, 0) is 35.7 Å². The van der Waals surface area contributed by atoms with Crippen molar-refractivity contribution in [3.05, 3.63) is 77.0 Å². The van der Waals surface area contributed by atoms with E-state index >= 15 is 0 Å². The molecule has 0 fully saturated rings. The summed E-state index contributed by atoms with van der Waals surface area (Å²) in [6.07, 6.45) is 1.77. The molecule has 3 rings (SSSR count). The number of rotatable bonds is 5. The molecule has 4 heteroatoms. The lowest BCUT2D eigenvalue weighted by Gasteiger charge is -2.04. The molecule has 0 aliphatic heterocycles. The third kappa shape index (κ3) is 3.70. The Bertz CT molecular complexity index is 708. The van der Waals surface area contributed by atoms with Crippen molar-refractivity contribution < 1.29 is 4.74 Å². The van der Waals surface area contributed by atoms with E-state index in [1.165, 1.54) is 0 Å². The summed E-state index contributed by atoms with van der Waals surface area (Å²) in [5.41, 5.74) is 3.95. The number of nitrogens with one attached hydrogen (secondary N) is 1. The van der Waals surface area contributed by atoms with Crippen LogP contribution in [0.15, 0.2) is 77.2 Å². The Labute approximate surface area is 127 Å². The summed E-state index contributed by atoms with van der Waals surface area (Å²) >= 11 is 1.59. The van der Waals surface area contributed by atoms with Gasteiger partial charge in [0.1, 0.15) is 11.5 Å². The van der Waals surface area contributed by atoms with E-state index in [4.69, 9.17) is 4.74 Å². The Morgan fingerprint density at radius 3 is 2.38 bits per heavy atom. The molecule has 1 heterocycles. The molecule has 0 aliphatic carbocycles. The molecule has 0 saturated heterocycles. The lowest BCUT2D eigenvalue weighted by molar-refractivity contribution is 0.484. The zero-order valence-corrected chi connectivity index (χ0v) is 12.1. The lowest BCUT2D eigenvalue weighted by atomic mass is 10.3. The number of thiophene rings is 1. The van der Waals surface area contributed by atoms with Gasteiger partial charge in [-0.25, -0.2) is 0 Å². The van der Waals surface area contributed by atoms with Gasteiger partial charge < -0.3 is 4.74 Å². The minimum absolute atomic E-state index is 0.810. The van der Waals surface area contributed by atoms with Crippen LogP contribution in [0.2, 0.25) is 0 Å². The van der Waals surface area contributed by atoms with Crippen LogP contribution in [0, 0.1) is 0 Å². The second kappa shape index (κ2) is 6.72. The SMILES string of the molecule is C(=NNc1ccccc1)c1sccc1Oc1ccccc1. The number of hydrazone groups is 1. The van der Waals surface area contributed by atoms with Crippen LogP contribution in [-0.4, -0.2) is 6.21 Å². The molecule has 0 aliphatic rings. The molecule has 0 spiro atoms. The molecular formula is C17H14N2OS. The van der Waals surface area contributed by atoms with E-state index in [-0.39, 0.29) is 0 Å². The fraction of sp³-hybridized carbons (Fsp3) is 0. The van der Waals surface area contributed by atoms with Crippen molar-refractivity contribution in [2.75, 3.05) is 5.43 Å². The number of para-hydroxylation sites is 2. The number of hydrogen-bond acceptors (Lipinski definition) is 4. The molecule has 3 aromatic rings. The number of benzene rings is 2. The highest BCUT2D eigenvalue weighted by molar-refractivity contribution is 7.12. The van der Waals surface area contributed by atoms with E-state index in [0.717, 1.165) is 22.1 Å². The largest absolute Gasteiger partial charge is 0.456 e. The Balaban J connectivity index is 1.68. The van der Waals surface area contributed by atoms with E-state index in [9.17, 15) is 0 Å². The second-order valence-corrected chi connectivity index (χ2v) is 5.25. The number of anilines is 1. The fourth-order valence-electron chi connectivity index (χ4n) is 1.78. The van der Waals surface area contributed by atoms with Crippen LogP contribution >= 0.6 is 11.3 Å². The van der Waals surface area contributed by atoms with Crippen molar-refractivity contribution in [2.24, 2.45) is 5.10 Å². The van der Waals surface area contributed by atoms with Crippen LogP contribution in [-0.2, 0) is 0 Å². The molecule has 3 nitrogen and oxygen atoms in total. The van der Waals surface area contributed by atoms with E-state index < -0.39 is 0 Å². The van der Waals surface area contributed by atoms with Crippen LogP contribution in [0.4, 0.5) is 5.69 Å². The maximum Gasteiger partial charge on any atom is 0.147 e. The van der Waals surface area contributed by atoms with E-state index in [0.29, 0.717) is 0 Å². The maximum atomic E-state index is 5.84. The fourth-order valence-corrected chi connectivity index (χ4v) is 2.46. The molecule has 0 radical (unpaired) electrons. The Kier molecular flexibility index (Phi) is 4.29. The lowest BCUT2D eigenvalue weighted by Crippen LogP contribution is -1.90. The van der Waals surface area contributed by atoms with Gasteiger partial charge >= 0.3 is 0 Å². The van der Waals surface area contributed by atoms with Crippen molar-refractivity contribution in [3.8, 4) is 11.5 Å². The standard InChI is InChI=1S/C17H14N2OS/c1-3-7-14(8-4-1)19-18-13-17-16(11-12-21-17)20-15-9-5-2-6-10-15/h1-13,19H. The number of ether oxygens (including phenoxy) is 1. The van der Waals surface area contributed by atoms with Crippen LogP contribution in [0.5, 0.6) is 11.5 Å². The predicted molar refractivity (Wildman–Crippen MR) is 88.5 cm³/mol. The van der Waals surface area contributed by atoms with Crippen molar-refractivity contribution in [3.63, 3.8) is 0 Å². The zero-order valence-electron chi connectivity index (χ0n) is 11.3. The number of hydrogen-bond donors (Lipinski definition) is 1. The van der Waals surface area contributed by atoms with Crippen LogP contribution in [0.25, 0.3) is 0 Å². The first-order valence-electron chi connectivity index (χ1n) is 6.56. The van der Waals surface area contributed by atoms with Gasteiger partial charge in [0, 0.05) is 0 Å². The van der Waals surface area contributed by atoms with Crippen molar-refractivity contribution in [1.82, 2.24) is 0 Å². The summed E-state index contributed by atoms with van der Waals surface area (Å²) in [4.78, 5) is 0.974. The van der Waals surface area contributed by atoms with Crippen LogP contribution < -0.4 is 10.2 Å². The van der Waals surface area contributed by atoms with Gasteiger partial charge in [-0.2, -0.15) is 5.10 Å². The summed E-state index contributed by atoms with van der Waals surface area (Å²) in [6.45, 7) is 0. The zero-order chi connectivity index (χ0) is 14.3. The average molecular weight is 294 g/mol. The minimum Gasteiger partial charge on any atom is -0.456 e. The van der Waals surface area contributed by atoms with Gasteiger partial charge in [-0.3, -0.25) is 5.43 Å². The van der Waals surface area contributed by atoms with Crippen molar-refractivity contribution >= 4 is 23.2 Å². The summed E-state index contributed by atoms with van der Waals surface area (Å²) in [5, 5.41) is 6.23. The molecule has 0 atom stereocenters. The highest BCUT2D eigenvalue weighted by Crippen LogP contribution is 2.28. The first kappa shape index (κ1) is 13.4. The molecule has 21 heavy (non-hydrogen) atoms. The van der Waals surface area contributed by atoms with Crippen LogP contribution in [0.1, 0.15) is 4.88 Å². The Morgan fingerprint density at radius 1 is 0.905 bits per heavy atom. The third-order valence-corrected chi connectivity index (χ3v) is 3.61. The minimum atomic E-state index is 0.810. The molecule has 104 valence electrons. The average Bonchev–Trinajstić information content (AvgIpc) is 2.97. The molecule has 0 saturated carbocycles. The van der Waals surface area contributed by atoms with Gasteiger partial charge in [0.15, 0.2) is 0 Å². The Hall–Kier alpha value is -2.59. The topological polar surface area (TPSA) is 33.6 Å². The van der Waals surface area contributed by atoms with Gasteiger partial charge in [0.05, 0.1) is 16.8 Å². The maximum absolute atomic E-state index is 5.84. The molecule has 0 unspecified atom stereocenters. The first-order valence-corrected chi connectivity index (χ1v) is 7.44.